The van der Waals surface area contributed by atoms with Crippen LogP contribution in [0.3, 0.4) is 0 Å². The summed E-state index contributed by atoms with van der Waals surface area (Å²) in [5.41, 5.74) is 1.43. The standard InChI is InChI=1S/C16H12ClN3O2/c17-11-5-7-12(8-6-11)20-15(21)9-22-16-13-3-1-2-4-14(13)18-10-19-16/h1-8,10H,9H2,(H,20,21). The number of halogens is 1. The van der Waals surface area contributed by atoms with Gasteiger partial charge in [-0.2, -0.15) is 0 Å². The van der Waals surface area contributed by atoms with Gasteiger partial charge < -0.3 is 10.1 Å². The third kappa shape index (κ3) is 3.32. The molecule has 1 amide bonds. The summed E-state index contributed by atoms with van der Waals surface area (Å²) in [6.07, 6.45) is 1.41. The second-order valence-corrected chi connectivity index (χ2v) is 4.98. The third-order valence-electron chi connectivity index (χ3n) is 2.97. The van der Waals surface area contributed by atoms with Crippen molar-refractivity contribution in [2.24, 2.45) is 0 Å². The summed E-state index contributed by atoms with van der Waals surface area (Å²) in [5, 5.41) is 4.10. The summed E-state index contributed by atoms with van der Waals surface area (Å²) in [7, 11) is 0. The van der Waals surface area contributed by atoms with E-state index in [1.54, 1.807) is 24.3 Å². The number of rotatable bonds is 4. The number of ether oxygens (including phenoxy) is 1. The number of benzene rings is 2. The molecule has 6 heteroatoms. The van der Waals surface area contributed by atoms with E-state index in [0.29, 0.717) is 16.6 Å². The first-order valence-corrected chi connectivity index (χ1v) is 6.98. The molecule has 0 radical (unpaired) electrons. The number of nitrogens with one attached hydrogen (secondary N) is 1. The van der Waals surface area contributed by atoms with E-state index in [-0.39, 0.29) is 12.5 Å². The molecule has 0 aliphatic heterocycles. The molecule has 22 heavy (non-hydrogen) atoms. The second-order valence-electron chi connectivity index (χ2n) is 4.54. The fraction of sp³-hybridized carbons (Fsp3) is 0.0625. The van der Waals surface area contributed by atoms with Crippen LogP contribution in [-0.4, -0.2) is 22.5 Å². The van der Waals surface area contributed by atoms with Crippen molar-refractivity contribution in [3.05, 3.63) is 59.9 Å². The predicted molar refractivity (Wildman–Crippen MR) is 85.1 cm³/mol. The lowest BCUT2D eigenvalue weighted by Gasteiger charge is -2.08. The Labute approximate surface area is 131 Å². The smallest absolute Gasteiger partial charge is 0.262 e. The topological polar surface area (TPSA) is 64.1 Å². The van der Waals surface area contributed by atoms with Gasteiger partial charge in [0.1, 0.15) is 6.33 Å². The second kappa shape index (κ2) is 6.41. The van der Waals surface area contributed by atoms with Crippen LogP contribution in [0.15, 0.2) is 54.9 Å². The van der Waals surface area contributed by atoms with Crippen molar-refractivity contribution < 1.29 is 9.53 Å². The van der Waals surface area contributed by atoms with Gasteiger partial charge in [0.25, 0.3) is 5.91 Å². The highest BCUT2D eigenvalue weighted by molar-refractivity contribution is 6.30. The zero-order valence-electron chi connectivity index (χ0n) is 11.5. The fourth-order valence-corrected chi connectivity index (χ4v) is 2.09. The highest BCUT2D eigenvalue weighted by atomic mass is 35.5. The van der Waals surface area contributed by atoms with E-state index < -0.39 is 0 Å². The van der Waals surface area contributed by atoms with Crippen LogP contribution in [0, 0.1) is 0 Å². The Morgan fingerprint density at radius 2 is 1.86 bits per heavy atom. The molecule has 0 fully saturated rings. The average Bonchev–Trinajstić information content (AvgIpc) is 2.55. The molecule has 0 saturated heterocycles. The van der Waals surface area contributed by atoms with E-state index in [4.69, 9.17) is 16.3 Å². The minimum Gasteiger partial charge on any atom is -0.467 e. The number of para-hydroxylation sites is 1. The molecule has 1 aromatic heterocycles. The number of hydrogen-bond acceptors (Lipinski definition) is 4. The Morgan fingerprint density at radius 1 is 1.09 bits per heavy atom. The molecule has 0 aliphatic carbocycles. The van der Waals surface area contributed by atoms with Crippen LogP contribution in [0.5, 0.6) is 5.88 Å². The molecule has 1 heterocycles. The minimum absolute atomic E-state index is 0.135. The summed E-state index contributed by atoms with van der Waals surface area (Å²) in [5.74, 6) is 0.113. The zero-order chi connectivity index (χ0) is 15.4. The van der Waals surface area contributed by atoms with Crippen molar-refractivity contribution in [2.45, 2.75) is 0 Å². The number of carbonyl (C=O) groups excluding carboxylic acids is 1. The van der Waals surface area contributed by atoms with Gasteiger partial charge in [-0.3, -0.25) is 4.79 Å². The van der Waals surface area contributed by atoms with Crippen molar-refractivity contribution in [3.8, 4) is 5.88 Å². The summed E-state index contributed by atoms with van der Waals surface area (Å²) in [6, 6.07) is 14.3. The molecule has 3 rings (SSSR count). The Balaban J connectivity index is 1.66. The SMILES string of the molecule is O=C(COc1ncnc2ccccc12)Nc1ccc(Cl)cc1. The summed E-state index contributed by atoms with van der Waals surface area (Å²) in [6.45, 7) is -0.135. The van der Waals surface area contributed by atoms with E-state index in [1.807, 2.05) is 24.3 Å². The van der Waals surface area contributed by atoms with Crippen molar-refractivity contribution in [3.63, 3.8) is 0 Å². The maximum atomic E-state index is 11.9. The number of fused-ring (bicyclic) bond motifs is 1. The molecule has 0 spiro atoms. The van der Waals surface area contributed by atoms with Gasteiger partial charge in [0, 0.05) is 10.7 Å². The molecule has 3 aromatic rings. The van der Waals surface area contributed by atoms with Gasteiger partial charge in [-0.15, -0.1) is 0 Å². The van der Waals surface area contributed by atoms with E-state index >= 15 is 0 Å². The summed E-state index contributed by atoms with van der Waals surface area (Å²) >= 11 is 5.79. The molecule has 0 bridgehead atoms. The van der Waals surface area contributed by atoms with Crippen LogP contribution in [0.4, 0.5) is 5.69 Å². The van der Waals surface area contributed by atoms with E-state index in [0.717, 1.165) is 10.9 Å². The van der Waals surface area contributed by atoms with Gasteiger partial charge in [0.15, 0.2) is 6.61 Å². The summed E-state index contributed by atoms with van der Waals surface area (Å²) in [4.78, 5) is 20.1. The maximum absolute atomic E-state index is 11.9. The fourth-order valence-electron chi connectivity index (χ4n) is 1.96. The molecule has 5 nitrogen and oxygen atoms in total. The number of nitrogens with zero attached hydrogens (tertiary/aromatic N) is 2. The van der Waals surface area contributed by atoms with Crippen LogP contribution in [0.1, 0.15) is 0 Å². The van der Waals surface area contributed by atoms with Gasteiger partial charge in [0.2, 0.25) is 5.88 Å². The minimum atomic E-state index is -0.273. The van der Waals surface area contributed by atoms with Crippen molar-refractivity contribution >= 4 is 34.1 Å². The highest BCUT2D eigenvalue weighted by Gasteiger charge is 2.08. The van der Waals surface area contributed by atoms with Gasteiger partial charge >= 0.3 is 0 Å². The lowest BCUT2D eigenvalue weighted by Crippen LogP contribution is -2.20. The normalized spacial score (nSPS) is 10.4. The van der Waals surface area contributed by atoms with Crippen LogP contribution in [0.25, 0.3) is 10.9 Å². The molecule has 110 valence electrons. The van der Waals surface area contributed by atoms with Crippen LogP contribution in [-0.2, 0) is 4.79 Å². The summed E-state index contributed by atoms with van der Waals surface area (Å²) < 4.78 is 5.49. The maximum Gasteiger partial charge on any atom is 0.262 e. The molecular formula is C16H12ClN3O2. The monoisotopic (exact) mass is 313 g/mol. The molecule has 0 saturated carbocycles. The number of hydrogen-bond donors (Lipinski definition) is 1. The predicted octanol–water partition coefficient (Wildman–Crippen LogP) is 3.30. The largest absolute Gasteiger partial charge is 0.467 e. The Morgan fingerprint density at radius 3 is 2.68 bits per heavy atom. The molecule has 0 unspecified atom stereocenters. The number of aromatic nitrogens is 2. The zero-order valence-corrected chi connectivity index (χ0v) is 12.2. The first kappa shape index (κ1) is 14.3. The highest BCUT2D eigenvalue weighted by Crippen LogP contribution is 2.20. The number of carbonyl (C=O) groups is 1. The van der Waals surface area contributed by atoms with Crippen LogP contribution in [0.2, 0.25) is 5.02 Å². The average molecular weight is 314 g/mol. The van der Waals surface area contributed by atoms with E-state index in [1.165, 1.54) is 6.33 Å². The molecule has 1 N–H and O–H groups in total. The molecule has 0 aliphatic rings. The van der Waals surface area contributed by atoms with Gasteiger partial charge in [-0.1, -0.05) is 23.7 Å². The van der Waals surface area contributed by atoms with Crippen LogP contribution >= 0.6 is 11.6 Å². The van der Waals surface area contributed by atoms with Crippen molar-refractivity contribution in [1.29, 1.82) is 0 Å². The van der Waals surface area contributed by atoms with Gasteiger partial charge in [-0.05, 0) is 36.4 Å². The quantitative estimate of drug-likeness (QED) is 0.802. The van der Waals surface area contributed by atoms with Crippen molar-refractivity contribution in [1.82, 2.24) is 9.97 Å². The van der Waals surface area contributed by atoms with Crippen LogP contribution < -0.4 is 10.1 Å². The lowest BCUT2D eigenvalue weighted by atomic mass is 10.2. The molecular weight excluding hydrogens is 302 g/mol. The van der Waals surface area contributed by atoms with Crippen molar-refractivity contribution in [2.75, 3.05) is 11.9 Å². The number of anilines is 1. The Hall–Kier alpha value is -2.66. The Kier molecular flexibility index (Phi) is 4.16. The first-order valence-electron chi connectivity index (χ1n) is 6.60. The number of amides is 1. The lowest BCUT2D eigenvalue weighted by molar-refractivity contribution is -0.118. The Bertz CT molecular complexity index is 801. The van der Waals surface area contributed by atoms with E-state index in [9.17, 15) is 4.79 Å². The molecule has 2 aromatic carbocycles. The van der Waals surface area contributed by atoms with Gasteiger partial charge in [0.05, 0.1) is 10.9 Å². The molecule has 0 atom stereocenters. The van der Waals surface area contributed by atoms with E-state index in [2.05, 4.69) is 15.3 Å². The third-order valence-corrected chi connectivity index (χ3v) is 3.23. The van der Waals surface area contributed by atoms with Gasteiger partial charge in [-0.25, -0.2) is 9.97 Å². The first-order chi connectivity index (χ1) is 10.7.